The van der Waals surface area contributed by atoms with Gasteiger partial charge >= 0.3 is 0 Å². The van der Waals surface area contributed by atoms with E-state index in [-0.39, 0.29) is 5.56 Å². The van der Waals surface area contributed by atoms with Crippen molar-refractivity contribution in [2.75, 3.05) is 27.2 Å². The van der Waals surface area contributed by atoms with E-state index in [1.165, 1.54) is 18.4 Å². The molecule has 1 aliphatic rings. The van der Waals surface area contributed by atoms with Gasteiger partial charge in [-0.1, -0.05) is 24.5 Å². The van der Waals surface area contributed by atoms with Gasteiger partial charge in [0.2, 0.25) is 0 Å². The molecule has 3 rings (SSSR count). The van der Waals surface area contributed by atoms with Crippen LogP contribution in [0.4, 0.5) is 0 Å². The van der Waals surface area contributed by atoms with Gasteiger partial charge in [-0.2, -0.15) is 0 Å². The van der Waals surface area contributed by atoms with Gasteiger partial charge in [-0.3, -0.25) is 4.79 Å². The maximum absolute atomic E-state index is 12.7. The number of aryl methyl sites for hydroxylation is 1. The first kappa shape index (κ1) is 20.8. The van der Waals surface area contributed by atoms with Gasteiger partial charge in [0.25, 0.3) is 5.56 Å². The smallest absolute Gasteiger partial charge is 0.253 e. The van der Waals surface area contributed by atoms with Crippen molar-refractivity contribution >= 4 is 28.2 Å². The Labute approximate surface area is 173 Å². The van der Waals surface area contributed by atoms with Crippen LogP contribution in [0, 0.1) is 6.92 Å². The summed E-state index contributed by atoms with van der Waals surface area (Å²) in [5.41, 5.74) is 2.84. The quantitative estimate of drug-likeness (QED) is 0.551. The van der Waals surface area contributed by atoms with Crippen molar-refractivity contribution in [2.45, 2.75) is 51.6 Å². The number of aromatic amines is 1. The molecule has 1 aromatic heterocycles. The molecule has 0 atom stereocenters. The molecule has 1 aliphatic carbocycles. The third-order valence-electron chi connectivity index (χ3n) is 5.50. The molecule has 1 fully saturated rings. The second kappa shape index (κ2) is 9.52. The van der Waals surface area contributed by atoms with Crippen LogP contribution in [0.5, 0.6) is 0 Å². The highest BCUT2D eigenvalue weighted by Gasteiger charge is 2.25. The summed E-state index contributed by atoms with van der Waals surface area (Å²) in [5, 5.41) is 5.27. The van der Waals surface area contributed by atoms with E-state index in [1.54, 1.807) is 0 Å². The summed E-state index contributed by atoms with van der Waals surface area (Å²) in [6.07, 6.45) is 5.80. The number of nitrogens with zero attached hydrogens (tertiary/aromatic N) is 2. The fourth-order valence-corrected chi connectivity index (χ4v) is 4.26. The number of pyridine rings is 1. The average molecular weight is 401 g/mol. The Morgan fingerprint density at radius 1 is 1.25 bits per heavy atom. The molecular weight excluding hydrogens is 368 g/mol. The molecular formula is C22H32N4OS. The zero-order chi connectivity index (χ0) is 20.1. The van der Waals surface area contributed by atoms with Crippen LogP contribution in [-0.4, -0.2) is 53.1 Å². The van der Waals surface area contributed by atoms with E-state index in [2.05, 4.69) is 47.2 Å². The SMILES string of the molecule is Cc1ccc2[nH]c(=O)c(CN(C(=S)NCCCN(C)C)C3CCCC3)cc2c1. The first-order valence-corrected chi connectivity index (χ1v) is 10.7. The summed E-state index contributed by atoms with van der Waals surface area (Å²) in [6.45, 7) is 4.52. The van der Waals surface area contributed by atoms with Crippen molar-refractivity contribution < 1.29 is 0 Å². The van der Waals surface area contributed by atoms with Crippen molar-refractivity contribution in [3.63, 3.8) is 0 Å². The Balaban J connectivity index is 1.77. The van der Waals surface area contributed by atoms with E-state index in [0.29, 0.717) is 12.6 Å². The van der Waals surface area contributed by atoms with Crippen molar-refractivity contribution in [3.8, 4) is 0 Å². The van der Waals surface area contributed by atoms with Crippen molar-refractivity contribution in [3.05, 3.63) is 45.7 Å². The lowest BCUT2D eigenvalue weighted by Gasteiger charge is -2.31. The lowest BCUT2D eigenvalue weighted by atomic mass is 10.1. The molecule has 6 heteroatoms. The van der Waals surface area contributed by atoms with Crippen molar-refractivity contribution in [1.29, 1.82) is 0 Å². The molecule has 0 spiro atoms. The molecule has 2 aromatic rings. The molecule has 0 bridgehead atoms. The number of rotatable bonds is 7. The zero-order valence-corrected chi connectivity index (χ0v) is 18.1. The van der Waals surface area contributed by atoms with E-state index in [4.69, 9.17) is 12.2 Å². The Kier molecular flexibility index (Phi) is 7.08. The number of fused-ring (bicyclic) bond motifs is 1. The highest BCUT2D eigenvalue weighted by atomic mass is 32.1. The Morgan fingerprint density at radius 3 is 2.71 bits per heavy atom. The van der Waals surface area contributed by atoms with Gasteiger partial charge in [0.05, 0.1) is 6.54 Å². The monoisotopic (exact) mass is 400 g/mol. The van der Waals surface area contributed by atoms with Gasteiger partial charge in [-0.15, -0.1) is 0 Å². The van der Waals surface area contributed by atoms with E-state index in [1.807, 2.05) is 18.2 Å². The summed E-state index contributed by atoms with van der Waals surface area (Å²) >= 11 is 5.74. The van der Waals surface area contributed by atoms with Gasteiger partial charge in [-0.25, -0.2) is 0 Å². The van der Waals surface area contributed by atoms with Crippen LogP contribution >= 0.6 is 12.2 Å². The fourth-order valence-electron chi connectivity index (χ4n) is 3.95. The minimum Gasteiger partial charge on any atom is -0.363 e. The maximum Gasteiger partial charge on any atom is 0.253 e. The molecule has 0 radical (unpaired) electrons. The highest BCUT2D eigenvalue weighted by molar-refractivity contribution is 7.80. The fraction of sp³-hybridized carbons (Fsp3) is 0.545. The molecule has 0 amide bonds. The zero-order valence-electron chi connectivity index (χ0n) is 17.3. The van der Waals surface area contributed by atoms with Crippen LogP contribution in [0.25, 0.3) is 10.9 Å². The molecule has 152 valence electrons. The van der Waals surface area contributed by atoms with E-state index < -0.39 is 0 Å². The molecule has 0 aliphatic heterocycles. The van der Waals surface area contributed by atoms with Crippen LogP contribution in [0.3, 0.4) is 0 Å². The lowest BCUT2D eigenvalue weighted by molar-refractivity contribution is 0.301. The first-order chi connectivity index (χ1) is 13.4. The van der Waals surface area contributed by atoms with Crippen LogP contribution in [0.2, 0.25) is 0 Å². The maximum atomic E-state index is 12.7. The number of benzene rings is 1. The van der Waals surface area contributed by atoms with Crippen molar-refractivity contribution in [2.24, 2.45) is 0 Å². The average Bonchev–Trinajstić information content (AvgIpc) is 3.17. The van der Waals surface area contributed by atoms with Crippen LogP contribution in [-0.2, 0) is 6.54 Å². The Morgan fingerprint density at radius 2 is 2.00 bits per heavy atom. The second-order valence-corrected chi connectivity index (χ2v) is 8.56. The largest absolute Gasteiger partial charge is 0.363 e. The van der Waals surface area contributed by atoms with Gasteiger partial charge in [0, 0.05) is 23.7 Å². The number of hydrogen-bond acceptors (Lipinski definition) is 3. The lowest BCUT2D eigenvalue weighted by Crippen LogP contribution is -2.45. The second-order valence-electron chi connectivity index (χ2n) is 8.17. The highest BCUT2D eigenvalue weighted by Crippen LogP contribution is 2.25. The third kappa shape index (κ3) is 5.32. The molecule has 1 saturated carbocycles. The number of H-pyrrole nitrogens is 1. The number of hydrogen-bond donors (Lipinski definition) is 2. The number of nitrogens with one attached hydrogen (secondary N) is 2. The summed E-state index contributed by atoms with van der Waals surface area (Å²) in [4.78, 5) is 20.1. The summed E-state index contributed by atoms with van der Waals surface area (Å²) in [5.74, 6) is 0. The molecule has 5 nitrogen and oxygen atoms in total. The van der Waals surface area contributed by atoms with Gasteiger partial charge in [0.1, 0.15) is 0 Å². The standard InChI is InChI=1S/C22H32N4OS/c1-16-9-10-20-17(13-16)14-18(21(27)24-20)15-26(19-7-4-5-8-19)22(28)23-11-6-12-25(2)3/h9-10,13-14,19H,4-8,11-12,15H2,1-3H3,(H,23,28)(H,24,27). The van der Waals surface area contributed by atoms with E-state index in [9.17, 15) is 4.79 Å². The van der Waals surface area contributed by atoms with Crippen LogP contribution < -0.4 is 10.9 Å². The topological polar surface area (TPSA) is 51.4 Å². The molecule has 2 N–H and O–H groups in total. The minimum absolute atomic E-state index is 0.0187. The normalized spacial score (nSPS) is 14.7. The Hall–Kier alpha value is -1.92. The van der Waals surface area contributed by atoms with Crippen LogP contribution in [0.15, 0.2) is 29.1 Å². The predicted octanol–water partition coefficient (Wildman–Crippen LogP) is 3.41. The molecule has 1 aromatic carbocycles. The molecule has 0 unspecified atom stereocenters. The van der Waals surface area contributed by atoms with Gasteiger partial charge in [0.15, 0.2) is 5.11 Å². The van der Waals surface area contributed by atoms with E-state index >= 15 is 0 Å². The predicted molar refractivity (Wildman–Crippen MR) is 121 cm³/mol. The van der Waals surface area contributed by atoms with Crippen LogP contribution in [0.1, 0.15) is 43.2 Å². The molecule has 0 saturated heterocycles. The first-order valence-electron chi connectivity index (χ1n) is 10.3. The van der Waals surface area contributed by atoms with Gasteiger partial charge in [-0.05, 0) is 82.6 Å². The van der Waals surface area contributed by atoms with Crippen molar-refractivity contribution in [1.82, 2.24) is 20.1 Å². The molecule has 28 heavy (non-hydrogen) atoms. The minimum atomic E-state index is -0.0187. The number of thiocarbonyl (C=S) groups is 1. The summed E-state index contributed by atoms with van der Waals surface area (Å²) in [7, 11) is 4.16. The summed E-state index contributed by atoms with van der Waals surface area (Å²) in [6, 6.07) is 8.56. The third-order valence-corrected chi connectivity index (χ3v) is 5.88. The van der Waals surface area contributed by atoms with E-state index in [0.717, 1.165) is 53.9 Å². The molecule has 1 heterocycles. The van der Waals surface area contributed by atoms with Gasteiger partial charge < -0.3 is 20.1 Å². The Bertz CT molecular complexity index is 870. The summed E-state index contributed by atoms with van der Waals surface area (Å²) < 4.78 is 0. The number of aromatic nitrogens is 1.